The van der Waals surface area contributed by atoms with Gasteiger partial charge in [0, 0.05) is 46.3 Å². The second kappa shape index (κ2) is 11.3. The fraction of sp³-hybridized carbons (Fsp3) is 0.409. The molecule has 0 amide bonds. The SMILES string of the molecule is CN=C(NCc1ccccc1CN(C)C)N1CCN(c2ccccc2O)CC1.I. The standard InChI is InChI=1S/C22H31N5O.HI/c1-23-22(24-16-18-8-4-5-9-19(18)17-25(2)3)27-14-12-26(13-15-27)20-10-6-7-11-21(20)28;/h4-11,28H,12-17H2,1-3H3,(H,23,24);1H. The predicted octanol–water partition coefficient (Wildman–Crippen LogP) is 2.97. The highest BCUT2D eigenvalue weighted by molar-refractivity contribution is 14.0. The number of aliphatic imine (C=N–C) groups is 1. The lowest BCUT2D eigenvalue weighted by Crippen LogP contribution is -2.52. The second-order valence-electron chi connectivity index (χ2n) is 7.37. The van der Waals surface area contributed by atoms with E-state index in [2.05, 4.69) is 63.4 Å². The van der Waals surface area contributed by atoms with Gasteiger partial charge in [-0.15, -0.1) is 24.0 Å². The smallest absolute Gasteiger partial charge is 0.194 e. The Balaban J connectivity index is 0.00000300. The number of phenols is 1. The number of guanidine groups is 1. The first-order chi connectivity index (χ1) is 13.6. The van der Waals surface area contributed by atoms with E-state index in [0.717, 1.165) is 50.9 Å². The molecule has 158 valence electrons. The van der Waals surface area contributed by atoms with E-state index in [1.807, 2.05) is 25.2 Å². The largest absolute Gasteiger partial charge is 0.506 e. The highest BCUT2D eigenvalue weighted by atomic mass is 127. The summed E-state index contributed by atoms with van der Waals surface area (Å²) in [6.07, 6.45) is 0. The molecule has 1 heterocycles. The van der Waals surface area contributed by atoms with E-state index in [1.165, 1.54) is 11.1 Å². The number of halogens is 1. The van der Waals surface area contributed by atoms with Crippen molar-refractivity contribution in [1.29, 1.82) is 0 Å². The van der Waals surface area contributed by atoms with Crippen LogP contribution in [0.2, 0.25) is 0 Å². The molecule has 29 heavy (non-hydrogen) atoms. The highest BCUT2D eigenvalue weighted by Gasteiger charge is 2.21. The maximum Gasteiger partial charge on any atom is 0.194 e. The molecule has 3 rings (SSSR count). The van der Waals surface area contributed by atoms with E-state index in [-0.39, 0.29) is 24.0 Å². The molecule has 2 aromatic carbocycles. The molecule has 1 aliphatic rings. The van der Waals surface area contributed by atoms with Crippen LogP contribution in [0, 0.1) is 0 Å². The topological polar surface area (TPSA) is 54.3 Å². The van der Waals surface area contributed by atoms with Gasteiger partial charge in [-0.2, -0.15) is 0 Å². The van der Waals surface area contributed by atoms with E-state index < -0.39 is 0 Å². The van der Waals surface area contributed by atoms with Crippen LogP contribution >= 0.6 is 24.0 Å². The van der Waals surface area contributed by atoms with Crippen LogP contribution in [0.4, 0.5) is 5.69 Å². The minimum atomic E-state index is 0. The third-order valence-electron chi connectivity index (χ3n) is 5.06. The molecule has 0 aromatic heterocycles. The number of piperazine rings is 1. The van der Waals surface area contributed by atoms with E-state index in [4.69, 9.17) is 0 Å². The van der Waals surface area contributed by atoms with Crippen molar-refractivity contribution in [2.45, 2.75) is 13.1 Å². The van der Waals surface area contributed by atoms with Crippen LogP contribution in [0.25, 0.3) is 0 Å². The van der Waals surface area contributed by atoms with Crippen molar-refractivity contribution < 1.29 is 5.11 Å². The number of phenolic OH excluding ortho intramolecular Hbond substituents is 1. The van der Waals surface area contributed by atoms with Crippen molar-refractivity contribution in [1.82, 2.24) is 15.1 Å². The van der Waals surface area contributed by atoms with E-state index in [0.29, 0.717) is 5.75 Å². The third kappa shape index (κ3) is 6.24. The molecule has 0 aliphatic carbocycles. The Labute approximate surface area is 191 Å². The molecule has 2 aromatic rings. The van der Waals surface area contributed by atoms with Crippen molar-refractivity contribution in [3.63, 3.8) is 0 Å². The number of anilines is 1. The lowest BCUT2D eigenvalue weighted by atomic mass is 10.1. The molecule has 1 aliphatic heterocycles. The average Bonchev–Trinajstić information content (AvgIpc) is 2.70. The summed E-state index contributed by atoms with van der Waals surface area (Å²) < 4.78 is 0. The number of nitrogens with one attached hydrogen (secondary N) is 1. The van der Waals surface area contributed by atoms with Gasteiger partial charge in [-0.1, -0.05) is 36.4 Å². The van der Waals surface area contributed by atoms with E-state index in [9.17, 15) is 5.11 Å². The van der Waals surface area contributed by atoms with Gasteiger partial charge < -0.3 is 25.1 Å². The first kappa shape index (κ1) is 23.3. The first-order valence-electron chi connectivity index (χ1n) is 9.78. The highest BCUT2D eigenvalue weighted by Crippen LogP contribution is 2.27. The molecule has 1 fully saturated rings. The Kier molecular flexibility index (Phi) is 9.03. The number of aromatic hydroxyl groups is 1. The summed E-state index contributed by atoms with van der Waals surface area (Å²) >= 11 is 0. The molecule has 0 spiro atoms. The van der Waals surface area contributed by atoms with Crippen LogP contribution < -0.4 is 10.2 Å². The van der Waals surface area contributed by atoms with Gasteiger partial charge in [-0.25, -0.2) is 0 Å². The lowest BCUT2D eigenvalue weighted by Gasteiger charge is -2.37. The van der Waals surface area contributed by atoms with Crippen LogP contribution in [0.5, 0.6) is 5.75 Å². The molecular formula is C22H32IN5O. The van der Waals surface area contributed by atoms with E-state index in [1.54, 1.807) is 6.07 Å². The van der Waals surface area contributed by atoms with Gasteiger partial charge in [0.15, 0.2) is 5.96 Å². The van der Waals surface area contributed by atoms with E-state index >= 15 is 0 Å². The number of benzene rings is 2. The van der Waals surface area contributed by atoms with Crippen molar-refractivity contribution in [3.05, 3.63) is 59.7 Å². The number of rotatable bonds is 5. The number of hydrogen-bond acceptors (Lipinski definition) is 4. The van der Waals surface area contributed by atoms with Gasteiger partial charge in [-0.3, -0.25) is 4.99 Å². The van der Waals surface area contributed by atoms with Crippen molar-refractivity contribution in [2.24, 2.45) is 4.99 Å². The zero-order chi connectivity index (χ0) is 19.9. The van der Waals surface area contributed by atoms with Gasteiger partial charge in [-0.05, 0) is 37.4 Å². The van der Waals surface area contributed by atoms with Gasteiger partial charge in [0.2, 0.25) is 0 Å². The monoisotopic (exact) mass is 509 g/mol. The normalized spacial score (nSPS) is 14.7. The molecule has 0 radical (unpaired) electrons. The molecular weight excluding hydrogens is 477 g/mol. The summed E-state index contributed by atoms with van der Waals surface area (Å²) in [5, 5.41) is 13.6. The van der Waals surface area contributed by atoms with Crippen LogP contribution in [-0.4, -0.2) is 68.2 Å². The van der Waals surface area contributed by atoms with Gasteiger partial charge >= 0.3 is 0 Å². The molecule has 0 atom stereocenters. The van der Waals surface area contributed by atoms with Crippen molar-refractivity contribution in [2.75, 3.05) is 52.2 Å². The third-order valence-corrected chi connectivity index (χ3v) is 5.06. The summed E-state index contributed by atoms with van der Waals surface area (Å²) in [5.74, 6) is 1.27. The van der Waals surface area contributed by atoms with Crippen molar-refractivity contribution >= 4 is 35.6 Å². The maximum absolute atomic E-state index is 10.1. The number of hydrogen-bond donors (Lipinski definition) is 2. The van der Waals surface area contributed by atoms with Crippen LogP contribution in [0.1, 0.15) is 11.1 Å². The summed E-state index contributed by atoms with van der Waals surface area (Å²) in [5.41, 5.74) is 3.53. The zero-order valence-electron chi connectivity index (χ0n) is 17.5. The molecule has 7 heteroatoms. The van der Waals surface area contributed by atoms with Gasteiger partial charge in [0.25, 0.3) is 0 Å². The average molecular weight is 509 g/mol. The summed E-state index contributed by atoms with van der Waals surface area (Å²) in [4.78, 5) is 11.2. The quantitative estimate of drug-likeness (QED) is 0.369. The minimum absolute atomic E-state index is 0. The molecule has 2 N–H and O–H groups in total. The summed E-state index contributed by atoms with van der Waals surface area (Å²) in [6, 6.07) is 16.1. The van der Waals surface area contributed by atoms with Gasteiger partial charge in [0.1, 0.15) is 5.75 Å². The molecule has 0 bridgehead atoms. The molecule has 6 nitrogen and oxygen atoms in total. The molecule has 0 unspecified atom stereocenters. The fourth-order valence-electron chi connectivity index (χ4n) is 3.62. The van der Waals surface area contributed by atoms with Gasteiger partial charge in [0.05, 0.1) is 5.69 Å². The predicted molar refractivity (Wildman–Crippen MR) is 131 cm³/mol. The first-order valence-corrected chi connectivity index (χ1v) is 9.78. The number of nitrogens with zero attached hydrogens (tertiary/aromatic N) is 4. The fourth-order valence-corrected chi connectivity index (χ4v) is 3.62. The Bertz CT molecular complexity index is 803. The van der Waals surface area contributed by atoms with Crippen LogP contribution in [0.3, 0.4) is 0 Å². The summed E-state index contributed by atoms with van der Waals surface area (Å²) in [6.45, 7) is 5.14. The maximum atomic E-state index is 10.1. The molecule has 1 saturated heterocycles. The molecule has 0 saturated carbocycles. The van der Waals surface area contributed by atoms with Crippen LogP contribution in [0.15, 0.2) is 53.5 Å². The Hall–Kier alpha value is -2.00. The summed E-state index contributed by atoms with van der Waals surface area (Å²) in [7, 11) is 6.02. The Morgan fingerprint density at radius 2 is 1.62 bits per heavy atom. The number of para-hydroxylation sites is 2. The lowest BCUT2D eigenvalue weighted by molar-refractivity contribution is 0.369. The Morgan fingerprint density at radius 3 is 2.24 bits per heavy atom. The minimum Gasteiger partial charge on any atom is -0.506 e. The zero-order valence-corrected chi connectivity index (χ0v) is 19.8. The second-order valence-corrected chi connectivity index (χ2v) is 7.37. The Morgan fingerprint density at radius 1 is 1.00 bits per heavy atom. The van der Waals surface area contributed by atoms with Crippen molar-refractivity contribution in [3.8, 4) is 5.75 Å². The van der Waals surface area contributed by atoms with Crippen LogP contribution in [-0.2, 0) is 13.1 Å².